The van der Waals surface area contributed by atoms with Gasteiger partial charge < -0.3 is 4.90 Å². The lowest BCUT2D eigenvalue weighted by molar-refractivity contribution is 0.0617. The molecule has 8 heteroatoms. The number of carbonyl (C=O) groups is 1. The molecule has 4 rings (SSSR count). The zero-order valence-corrected chi connectivity index (χ0v) is 16.6. The van der Waals surface area contributed by atoms with E-state index in [-0.39, 0.29) is 11.7 Å². The van der Waals surface area contributed by atoms with E-state index < -0.39 is 0 Å². The van der Waals surface area contributed by atoms with Crippen LogP contribution in [0.3, 0.4) is 0 Å². The van der Waals surface area contributed by atoms with Crippen molar-refractivity contribution >= 4 is 28.8 Å². The Kier molecular flexibility index (Phi) is 5.24. The molecule has 27 heavy (non-hydrogen) atoms. The van der Waals surface area contributed by atoms with Gasteiger partial charge in [0.2, 0.25) is 5.82 Å². The van der Waals surface area contributed by atoms with Crippen LogP contribution in [-0.4, -0.2) is 56.7 Å². The first-order valence-corrected chi connectivity index (χ1v) is 10.1. The third-order valence-electron chi connectivity index (χ3n) is 4.65. The number of amides is 1. The molecule has 1 aliphatic rings. The van der Waals surface area contributed by atoms with E-state index in [9.17, 15) is 4.79 Å². The Morgan fingerprint density at radius 2 is 1.89 bits per heavy atom. The summed E-state index contributed by atoms with van der Waals surface area (Å²) in [6.07, 6.45) is 0. The van der Waals surface area contributed by atoms with Crippen LogP contribution in [-0.2, 0) is 6.54 Å². The minimum absolute atomic E-state index is 0.110. The van der Waals surface area contributed by atoms with Gasteiger partial charge >= 0.3 is 0 Å². The van der Waals surface area contributed by atoms with Crippen molar-refractivity contribution in [1.29, 1.82) is 0 Å². The lowest BCUT2D eigenvalue weighted by Gasteiger charge is -2.33. The van der Waals surface area contributed by atoms with E-state index in [0.29, 0.717) is 23.9 Å². The Labute approximate surface area is 167 Å². The highest BCUT2D eigenvalue weighted by Gasteiger charge is 2.25. The molecule has 1 aliphatic heterocycles. The molecule has 0 saturated carbocycles. The molecular weight excluding hydrogens is 382 g/mol. The smallest absolute Gasteiger partial charge is 0.293 e. The lowest BCUT2D eigenvalue weighted by Crippen LogP contribution is -2.48. The summed E-state index contributed by atoms with van der Waals surface area (Å²) in [7, 11) is 0. The van der Waals surface area contributed by atoms with Crippen molar-refractivity contribution in [2.45, 2.75) is 13.5 Å². The van der Waals surface area contributed by atoms with Crippen molar-refractivity contribution in [2.75, 3.05) is 26.2 Å². The fourth-order valence-electron chi connectivity index (χ4n) is 3.18. The number of hydrogen-bond acceptors (Lipinski definition) is 5. The van der Waals surface area contributed by atoms with Gasteiger partial charge in [-0.05, 0) is 42.6 Å². The highest BCUT2D eigenvalue weighted by atomic mass is 35.5. The van der Waals surface area contributed by atoms with E-state index >= 15 is 0 Å². The summed E-state index contributed by atoms with van der Waals surface area (Å²) in [5.74, 6) is 0.813. The Morgan fingerprint density at radius 1 is 1.15 bits per heavy atom. The van der Waals surface area contributed by atoms with Gasteiger partial charge in [0.1, 0.15) is 5.82 Å². The van der Waals surface area contributed by atoms with Crippen LogP contribution in [0.2, 0.25) is 5.02 Å². The summed E-state index contributed by atoms with van der Waals surface area (Å²) in [4.78, 5) is 22.8. The Bertz CT molecular complexity index is 914. The van der Waals surface area contributed by atoms with Crippen molar-refractivity contribution in [3.63, 3.8) is 0 Å². The fourth-order valence-corrected chi connectivity index (χ4v) is 4.05. The third-order valence-corrected chi connectivity index (χ3v) is 5.76. The number of piperazine rings is 1. The molecular formula is C19H20ClN5OS. The topological polar surface area (TPSA) is 54.3 Å². The van der Waals surface area contributed by atoms with Crippen LogP contribution >= 0.6 is 22.9 Å². The van der Waals surface area contributed by atoms with Gasteiger partial charge in [-0.3, -0.25) is 9.69 Å². The number of nitrogens with zero attached hydrogens (tertiary/aromatic N) is 5. The summed E-state index contributed by atoms with van der Waals surface area (Å²) < 4.78 is 1.68. The molecule has 3 aromatic rings. The average Bonchev–Trinajstić information content (AvgIpc) is 3.32. The number of hydrogen-bond donors (Lipinski definition) is 0. The van der Waals surface area contributed by atoms with Crippen LogP contribution < -0.4 is 0 Å². The number of carbonyl (C=O) groups excluding carboxylic acids is 1. The Morgan fingerprint density at radius 3 is 2.56 bits per heavy atom. The Balaban J connectivity index is 1.41. The van der Waals surface area contributed by atoms with Crippen LogP contribution in [0, 0.1) is 6.92 Å². The third kappa shape index (κ3) is 4.05. The van der Waals surface area contributed by atoms with E-state index in [4.69, 9.17) is 11.6 Å². The largest absolute Gasteiger partial charge is 0.333 e. The summed E-state index contributed by atoms with van der Waals surface area (Å²) in [5.41, 5.74) is 0.837. The summed E-state index contributed by atoms with van der Waals surface area (Å²) in [6, 6.07) is 11.5. The van der Waals surface area contributed by atoms with Gasteiger partial charge in [0.25, 0.3) is 5.91 Å². The molecule has 140 valence electrons. The predicted molar refractivity (Wildman–Crippen MR) is 107 cm³/mol. The molecule has 1 saturated heterocycles. The molecule has 0 unspecified atom stereocenters. The van der Waals surface area contributed by atoms with Gasteiger partial charge in [-0.2, -0.15) is 0 Å². The summed E-state index contributed by atoms with van der Waals surface area (Å²) in [5, 5.41) is 7.18. The first kappa shape index (κ1) is 18.2. The zero-order chi connectivity index (χ0) is 18.8. The molecule has 0 radical (unpaired) electrons. The van der Waals surface area contributed by atoms with Crippen LogP contribution in [0.4, 0.5) is 0 Å². The maximum absolute atomic E-state index is 12.8. The number of benzene rings is 1. The van der Waals surface area contributed by atoms with Crippen LogP contribution in [0.5, 0.6) is 0 Å². The highest BCUT2D eigenvalue weighted by Crippen LogP contribution is 2.16. The van der Waals surface area contributed by atoms with Gasteiger partial charge in [0.05, 0.1) is 5.69 Å². The molecule has 0 aliphatic carbocycles. The van der Waals surface area contributed by atoms with Crippen molar-refractivity contribution in [1.82, 2.24) is 24.6 Å². The molecule has 1 aromatic carbocycles. The normalized spacial score (nSPS) is 15.3. The minimum atomic E-state index is -0.110. The first-order valence-electron chi connectivity index (χ1n) is 8.84. The minimum Gasteiger partial charge on any atom is -0.333 e. The quantitative estimate of drug-likeness (QED) is 0.673. The van der Waals surface area contributed by atoms with E-state index in [1.807, 2.05) is 24.0 Å². The van der Waals surface area contributed by atoms with E-state index in [1.165, 1.54) is 4.88 Å². The second kappa shape index (κ2) is 7.80. The molecule has 1 fully saturated rings. The van der Waals surface area contributed by atoms with Gasteiger partial charge in [-0.25, -0.2) is 9.67 Å². The van der Waals surface area contributed by atoms with Crippen LogP contribution in [0.15, 0.2) is 41.8 Å². The lowest BCUT2D eigenvalue weighted by atomic mass is 10.3. The number of rotatable bonds is 4. The summed E-state index contributed by atoms with van der Waals surface area (Å²) >= 11 is 7.71. The predicted octanol–water partition coefficient (Wildman–Crippen LogP) is 3.25. The van der Waals surface area contributed by atoms with Crippen LogP contribution in [0.25, 0.3) is 5.69 Å². The van der Waals surface area contributed by atoms with Gasteiger partial charge in [-0.1, -0.05) is 17.7 Å². The van der Waals surface area contributed by atoms with E-state index in [0.717, 1.165) is 25.3 Å². The second-order valence-electron chi connectivity index (χ2n) is 6.52. The standard InChI is InChI=1S/C19H20ClN5OS/c1-14-21-18(22-25(14)16-6-4-15(20)5-7-16)19(26)24-10-8-23(9-11-24)13-17-3-2-12-27-17/h2-7,12H,8-11,13H2,1H3. The van der Waals surface area contributed by atoms with Crippen molar-refractivity contribution in [3.8, 4) is 5.69 Å². The maximum atomic E-state index is 12.8. The fraction of sp³-hybridized carbons (Fsp3) is 0.316. The number of aryl methyl sites for hydroxylation is 1. The van der Waals surface area contributed by atoms with Crippen molar-refractivity contribution in [3.05, 3.63) is 63.3 Å². The molecule has 2 aromatic heterocycles. The van der Waals surface area contributed by atoms with Gasteiger partial charge in [-0.15, -0.1) is 16.4 Å². The monoisotopic (exact) mass is 401 g/mol. The maximum Gasteiger partial charge on any atom is 0.293 e. The van der Waals surface area contributed by atoms with Crippen molar-refractivity contribution < 1.29 is 4.79 Å². The zero-order valence-electron chi connectivity index (χ0n) is 15.0. The molecule has 6 nitrogen and oxygen atoms in total. The number of halogens is 1. The van der Waals surface area contributed by atoms with Crippen LogP contribution in [0.1, 0.15) is 21.3 Å². The van der Waals surface area contributed by atoms with E-state index in [1.54, 1.807) is 28.2 Å². The average molecular weight is 402 g/mol. The highest BCUT2D eigenvalue weighted by molar-refractivity contribution is 7.09. The SMILES string of the molecule is Cc1nc(C(=O)N2CCN(Cc3cccs3)CC2)nn1-c1ccc(Cl)cc1. The second-order valence-corrected chi connectivity index (χ2v) is 7.99. The molecule has 3 heterocycles. The molecule has 0 atom stereocenters. The van der Waals surface area contributed by atoms with Crippen molar-refractivity contribution in [2.24, 2.45) is 0 Å². The molecule has 0 N–H and O–H groups in total. The van der Waals surface area contributed by atoms with Gasteiger partial charge in [0.15, 0.2) is 0 Å². The van der Waals surface area contributed by atoms with Gasteiger partial charge in [0, 0.05) is 42.6 Å². The Hall–Kier alpha value is -2.22. The number of aromatic nitrogens is 3. The molecule has 0 bridgehead atoms. The summed E-state index contributed by atoms with van der Waals surface area (Å²) in [6.45, 7) is 5.90. The molecule has 1 amide bonds. The first-order chi connectivity index (χ1) is 13.1. The van der Waals surface area contributed by atoms with E-state index in [2.05, 4.69) is 32.5 Å². The molecule has 0 spiro atoms. The number of thiophene rings is 1.